The van der Waals surface area contributed by atoms with Crippen LogP contribution in [0.1, 0.15) is 0 Å². The molecule has 0 aliphatic carbocycles. The fourth-order valence-corrected chi connectivity index (χ4v) is 0. The minimum atomic E-state index is -2.19. The first-order valence-electron chi connectivity index (χ1n) is 3.20. The first-order valence-corrected chi connectivity index (χ1v) is 3.20. The monoisotopic (exact) mass is 482 g/mol. The Morgan fingerprint density at radius 1 is 0.381 bits per heavy atom. The third kappa shape index (κ3) is 44.9. The summed E-state index contributed by atoms with van der Waals surface area (Å²) in [5.41, 5.74) is 0. The van der Waals surface area contributed by atoms with Gasteiger partial charge in [-0.2, -0.15) is 0 Å². The Kier molecular flexibility index (Phi) is 42.3. The van der Waals surface area contributed by atoms with E-state index >= 15 is 0 Å². The van der Waals surface area contributed by atoms with Crippen molar-refractivity contribution < 1.29 is 197 Å². The first kappa shape index (κ1) is 38.0. The number of carbonyl (C=O) groups excluding carboxylic acids is 6. The van der Waals surface area contributed by atoms with Crippen LogP contribution in [0.3, 0.4) is 0 Å². The van der Waals surface area contributed by atoms with Gasteiger partial charge in [0.05, 0.1) is 35.8 Å². The van der Waals surface area contributed by atoms with Crippen LogP contribution in [0.25, 0.3) is 0 Å². The zero-order valence-corrected chi connectivity index (χ0v) is 21.8. The molecule has 0 rings (SSSR count). The maximum atomic E-state index is 8.93. The second kappa shape index (κ2) is 23.4. The van der Waals surface area contributed by atoms with E-state index in [-0.39, 0.29) is 138 Å². The van der Waals surface area contributed by atoms with Gasteiger partial charge in [0.15, 0.2) is 0 Å². The predicted molar refractivity (Wildman–Crippen MR) is 30.0 cm³/mol. The third-order valence-corrected chi connectivity index (χ3v) is 0.500. The molecule has 0 bridgehead atoms. The van der Waals surface area contributed by atoms with Gasteiger partial charge in [-0.25, -0.2) is 0 Å². The van der Waals surface area contributed by atoms with Crippen LogP contribution in [0, 0.1) is 0 Å². The SMILES string of the molecule is O=C([O-])C(=O)[O-].O=C([O-])C(=O)[O-].O=C([O-])C(=O)[O-].[Rb+].[Rb+].[Ti+4]. The number of hydrogen-bond acceptors (Lipinski definition) is 12. The molecule has 0 radical (unpaired) electrons. The second-order valence-electron chi connectivity index (χ2n) is 1.72. The maximum Gasteiger partial charge on any atom is 4.00 e. The molecular formula is C6O12Rb2Ti. The minimum absolute atomic E-state index is 0. The zero-order valence-electron chi connectivity index (χ0n) is 10.4. The van der Waals surface area contributed by atoms with Crippen molar-refractivity contribution in [1.29, 1.82) is 0 Å². The molecule has 0 N–H and O–H groups in total. The molecule has 0 saturated heterocycles. The zero-order chi connectivity index (χ0) is 15.5. The molecule has 102 valence electrons. The molecule has 0 saturated carbocycles. The van der Waals surface area contributed by atoms with Gasteiger partial charge in [0, 0.05) is 0 Å². The molecule has 15 heteroatoms. The molecule has 0 aromatic heterocycles. The van der Waals surface area contributed by atoms with Gasteiger partial charge < -0.3 is 59.4 Å². The summed E-state index contributed by atoms with van der Waals surface area (Å²) in [6.07, 6.45) is 0. The maximum absolute atomic E-state index is 8.93. The Morgan fingerprint density at radius 3 is 0.429 bits per heavy atom. The van der Waals surface area contributed by atoms with Crippen molar-refractivity contribution in [2.45, 2.75) is 0 Å². The Bertz CT molecular complexity index is 287. The Balaban J connectivity index is -0.0000000375. The molecule has 12 nitrogen and oxygen atoms in total. The molecule has 0 unspecified atom stereocenters. The molecule has 0 aliphatic heterocycles. The van der Waals surface area contributed by atoms with E-state index in [0.717, 1.165) is 0 Å². The number of aliphatic carboxylic acids is 6. The van der Waals surface area contributed by atoms with Crippen molar-refractivity contribution in [2.75, 3.05) is 0 Å². The third-order valence-electron chi connectivity index (χ3n) is 0.500. The van der Waals surface area contributed by atoms with Crippen molar-refractivity contribution in [3.63, 3.8) is 0 Å². The van der Waals surface area contributed by atoms with E-state index in [9.17, 15) is 0 Å². The molecule has 0 heterocycles. The van der Waals surface area contributed by atoms with Crippen LogP contribution < -0.4 is 147 Å². The van der Waals surface area contributed by atoms with Crippen LogP contribution >= 0.6 is 0 Å². The van der Waals surface area contributed by atoms with E-state index in [2.05, 4.69) is 0 Å². The van der Waals surface area contributed by atoms with E-state index in [4.69, 9.17) is 59.4 Å². The van der Waals surface area contributed by atoms with Gasteiger partial charge in [0.2, 0.25) is 0 Å². The van der Waals surface area contributed by atoms with E-state index in [1.165, 1.54) is 0 Å². The van der Waals surface area contributed by atoms with Gasteiger partial charge >= 0.3 is 138 Å². The van der Waals surface area contributed by atoms with Crippen LogP contribution in [0.2, 0.25) is 0 Å². The fraction of sp³-hybridized carbons (Fsp3) is 0. The summed E-state index contributed by atoms with van der Waals surface area (Å²) in [5.74, 6) is -13.1. The van der Waals surface area contributed by atoms with Gasteiger partial charge in [-0.3, -0.25) is 0 Å². The Labute approximate surface area is 228 Å². The smallest absolute Gasteiger partial charge is 0.543 e. The molecular weight excluding hydrogens is 483 g/mol. The molecule has 0 aromatic rings. The Hall–Kier alpha value is 1.14. The van der Waals surface area contributed by atoms with Gasteiger partial charge in [-0.05, 0) is 0 Å². The summed E-state index contributed by atoms with van der Waals surface area (Å²) in [5, 5.41) is 53.6. The van der Waals surface area contributed by atoms with Crippen LogP contribution in [-0.4, -0.2) is 35.8 Å². The number of rotatable bonds is 0. The molecule has 0 aliphatic rings. The van der Waals surface area contributed by atoms with Crippen LogP contribution in [0.15, 0.2) is 0 Å². The van der Waals surface area contributed by atoms with E-state index in [1.54, 1.807) is 0 Å². The molecule has 0 atom stereocenters. The molecule has 0 spiro atoms. The summed E-state index contributed by atoms with van der Waals surface area (Å²) in [6.45, 7) is 0. The van der Waals surface area contributed by atoms with Gasteiger partial charge in [-0.15, -0.1) is 0 Å². The number of carboxylic acids is 6. The predicted octanol–water partition coefficient (Wildman–Crippen LogP) is -16.5. The number of carbonyl (C=O) groups is 6. The van der Waals surface area contributed by atoms with Crippen molar-refractivity contribution >= 4 is 35.8 Å². The van der Waals surface area contributed by atoms with Crippen molar-refractivity contribution in [2.24, 2.45) is 0 Å². The number of hydrogen-bond donors (Lipinski definition) is 0. The van der Waals surface area contributed by atoms with Crippen molar-refractivity contribution in [3.05, 3.63) is 0 Å². The van der Waals surface area contributed by atoms with E-state index < -0.39 is 35.8 Å². The minimum Gasteiger partial charge on any atom is -0.543 e. The normalized spacial score (nSPS) is 6.29. The number of carboxylic acid groups (broad SMARTS) is 6. The van der Waals surface area contributed by atoms with Gasteiger partial charge in [0.25, 0.3) is 0 Å². The summed E-state index contributed by atoms with van der Waals surface area (Å²) in [4.78, 5) is 53.6. The Morgan fingerprint density at radius 2 is 0.429 bits per heavy atom. The topological polar surface area (TPSA) is 241 Å². The van der Waals surface area contributed by atoms with Gasteiger partial charge in [0.1, 0.15) is 0 Å². The summed E-state index contributed by atoms with van der Waals surface area (Å²) >= 11 is 0. The van der Waals surface area contributed by atoms with E-state index in [1.807, 2.05) is 0 Å². The molecule has 21 heavy (non-hydrogen) atoms. The van der Waals surface area contributed by atoms with Crippen LogP contribution in [0.4, 0.5) is 0 Å². The van der Waals surface area contributed by atoms with Gasteiger partial charge in [-0.1, -0.05) is 0 Å². The van der Waals surface area contributed by atoms with Crippen molar-refractivity contribution in [3.8, 4) is 0 Å². The largest absolute Gasteiger partial charge is 4.00 e. The average Bonchev–Trinajstić information content (AvgIpc) is 2.18. The van der Waals surface area contributed by atoms with E-state index in [0.29, 0.717) is 0 Å². The standard InChI is InChI=1S/3C2H2O4.2Rb.Ti/c3*3-1(4)2(5)6;;;/h3*(H,3,4)(H,5,6);;;/q;;;2*+1;+4/p-6. The summed E-state index contributed by atoms with van der Waals surface area (Å²) in [6, 6.07) is 0. The molecule has 0 amide bonds. The summed E-state index contributed by atoms with van der Waals surface area (Å²) in [7, 11) is 0. The van der Waals surface area contributed by atoms with Crippen LogP contribution in [-0.2, 0) is 50.5 Å². The average molecular weight is 483 g/mol. The quantitative estimate of drug-likeness (QED) is 0.231. The first-order chi connectivity index (χ1) is 7.93. The molecule has 0 aromatic carbocycles. The van der Waals surface area contributed by atoms with Crippen molar-refractivity contribution in [1.82, 2.24) is 0 Å². The fourth-order valence-electron chi connectivity index (χ4n) is 0. The molecule has 0 fully saturated rings. The van der Waals surface area contributed by atoms with Crippen LogP contribution in [0.5, 0.6) is 0 Å². The second-order valence-corrected chi connectivity index (χ2v) is 1.72. The summed E-state index contributed by atoms with van der Waals surface area (Å²) < 4.78 is 0.